The molecule has 28 heavy (non-hydrogen) atoms. The fourth-order valence-electron chi connectivity index (χ4n) is 2.03. The van der Waals surface area contributed by atoms with Crippen LogP contribution in [0.5, 0.6) is 0 Å². The summed E-state index contributed by atoms with van der Waals surface area (Å²) < 4.78 is 0. The molecule has 3 amide bonds. The van der Waals surface area contributed by atoms with Gasteiger partial charge in [0, 0.05) is 18.3 Å². The summed E-state index contributed by atoms with van der Waals surface area (Å²) in [5, 5.41) is 34.3. The van der Waals surface area contributed by atoms with Crippen LogP contribution in [0.25, 0.3) is 0 Å². The lowest BCUT2D eigenvalue weighted by atomic mass is 10.1. The second kappa shape index (κ2) is 11.0. The van der Waals surface area contributed by atoms with Crippen LogP contribution < -0.4 is 21.7 Å². The van der Waals surface area contributed by atoms with Gasteiger partial charge in [0.25, 0.3) is 0 Å². The van der Waals surface area contributed by atoms with E-state index in [1.165, 1.54) is 19.4 Å². The maximum Gasteiger partial charge on any atom is 0.326 e. The molecule has 0 saturated heterocycles. The Balaban J connectivity index is 2.58. The van der Waals surface area contributed by atoms with Crippen molar-refractivity contribution in [2.24, 2.45) is 5.73 Å². The number of aromatic amines is 1. The van der Waals surface area contributed by atoms with E-state index in [-0.39, 0.29) is 6.42 Å². The smallest absolute Gasteiger partial charge is 0.326 e. The number of carbonyl (C=O) groups excluding carboxylic acids is 3. The van der Waals surface area contributed by atoms with Crippen molar-refractivity contribution in [1.82, 2.24) is 25.9 Å². The zero-order valence-corrected chi connectivity index (χ0v) is 15.1. The molecule has 9 N–H and O–H groups in total. The molecular formula is C15H24N6O7. The van der Waals surface area contributed by atoms with E-state index in [0.717, 1.165) is 0 Å². The molecule has 0 bridgehead atoms. The first-order chi connectivity index (χ1) is 13.1. The summed E-state index contributed by atoms with van der Waals surface area (Å²) in [5.41, 5.74) is 5.87. The minimum atomic E-state index is -1.43. The number of nitrogens with zero attached hydrogens (tertiary/aromatic N) is 1. The number of carboxylic acid groups (broad SMARTS) is 1. The first-order valence-electron chi connectivity index (χ1n) is 8.27. The highest BCUT2D eigenvalue weighted by molar-refractivity contribution is 5.92. The van der Waals surface area contributed by atoms with Gasteiger partial charge in [0.05, 0.1) is 25.6 Å². The number of nitrogens with two attached hydrogens (primary N) is 1. The molecule has 0 spiro atoms. The van der Waals surface area contributed by atoms with Gasteiger partial charge >= 0.3 is 5.97 Å². The summed E-state index contributed by atoms with van der Waals surface area (Å²) in [6, 6.07) is -3.98. The third-order valence-corrected chi connectivity index (χ3v) is 3.67. The molecule has 1 rings (SSSR count). The monoisotopic (exact) mass is 400 g/mol. The average molecular weight is 400 g/mol. The normalized spacial score (nSPS) is 15.0. The number of aromatic nitrogens is 2. The highest BCUT2D eigenvalue weighted by Crippen LogP contribution is 2.00. The van der Waals surface area contributed by atoms with E-state index in [9.17, 15) is 34.5 Å². The van der Waals surface area contributed by atoms with Gasteiger partial charge < -0.3 is 42.0 Å². The first kappa shape index (κ1) is 23.0. The number of rotatable bonds is 11. The predicted octanol–water partition coefficient (Wildman–Crippen LogP) is -4.18. The highest BCUT2D eigenvalue weighted by Gasteiger charge is 2.27. The molecule has 1 heterocycles. The highest BCUT2D eigenvalue weighted by atomic mass is 16.4. The van der Waals surface area contributed by atoms with E-state index in [2.05, 4.69) is 25.9 Å². The van der Waals surface area contributed by atoms with Crippen molar-refractivity contribution < 1.29 is 34.5 Å². The molecule has 1 aromatic rings. The van der Waals surface area contributed by atoms with Gasteiger partial charge in [0.1, 0.15) is 18.1 Å². The van der Waals surface area contributed by atoms with Gasteiger partial charge in [-0.1, -0.05) is 0 Å². The summed E-state index contributed by atoms with van der Waals surface area (Å²) in [6.07, 6.45) is 1.54. The Labute approximate surface area is 159 Å². The van der Waals surface area contributed by atoms with Crippen LogP contribution in [-0.2, 0) is 25.6 Å². The van der Waals surface area contributed by atoms with E-state index in [1.54, 1.807) is 0 Å². The van der Waals surface area contributed by atoms with E-state index >= 15 is 0 Å². The number of nitrogens with one attached hydrogen (secondary N) is 4. The standard InChI is InChI=1S/C15H24N6O7/c1-7(23)12(16)14(26)18-4-11(24)20-10(5-22)13(25)21-9(15(27)28)2-8-3-17-6-19-8/h3,6-7,9-10,12,22-23H,2,4-5,16H2,1H3,(H,17,19)(H,18,26)(H,20,24)(H,21,25)(H,27,28). The fraction of sp³-hybridized carbons (Fsp3) is 0.533. The van der Waals surface area contributed by atoms with E-state index in [1.807, 2.05) is 0 Å². The number of imidazole rings is 1. The molecule has 1 aromatic heterocycles. The lowest BCUT2D eigenvalue weighted by Gasteiger charge is -2.20. The molecule has 156 valence electrons. The van der Waals surface area contributed by atoms with Crippen molar-refractivity contribution in [1.29, 1.82) is 0 Å². The lowest BCUT2D eigenvalue weighted by molar-refractivity contribution is -0.142. The van der Waals surface area contributed by atoms with E-state index in [4.69, 9.17) is 5.73 Å². The van der Waals surface area contributed by atoms with Crippen molar-refractivity contribution >= 4 is 23.7 Å². The van der Waals surface area contributed by atoms with Gasteiger partial charge in [-0.15, -0.1) is 0 Å². The van der Waals surface area contributed by atoms with Crippen molar-refractivity contribution in [3.05, 3.63) is 18.2 Å². The van der Waals surface area contributed by atoms with Gasteiger partial charge in [0.2, 0.25) is 17.7 Å². The molecular weight excluding hydrogens is 376 g/mol. The second-order valence-electron chi connectivity index (χ2n) is 5.97. The maximum atomic E-state index is 12.2. The van der Waals surface area contributed by atoms with Crippen LogP contribution in [0.4, 0.5) is 0 Å². The molecule has 0 aliphatic carbocycles. The lowest BCUT2D eigenvalue weighted by Crippen LogP contribution is -2.55. The van der Waals surface area contributed by atoms with Gasteiger partial charge in [-0.2, -0.15) is 0 Å². The number of hydrogen-bond acceptors (Lipinski definition) is 8. The molecule has 13 heteroatoms. The van der Waals surface area contributed by atoms with Crippen molar-refractivity contribution in [3.63, 3.8) is 0 Å². The number of amides is 3. The maximum absolute atomic E-state index is 12.2. The molecule has 0 saturated carbocycles. The summed E-state index contributed by atoms with van der Waals surface area (Å²) in [7, 11) is 0. The molecule has 0 aliphatic heterocycles. The fourth-order valence-corrected chi connectivity index (χ4v) is 2.03. The van der Waals surface area contributed by atoms with Crippen molar-refractivity contribution in [2.75, 3.05) is 13.2 Å². The van der Waals surface area contributed by atoms with Crippen molar-refractivity contribution in [2.45, 2.75) is 37.6 Å². The Hall–Kier alpha value is -3.03. The molecule has 13 nitrogen and oxygen atoms in total. The largest absolute Gasteiger partial charge is 0.480 e. The molecule has 0 aliphatic rings. The Morgan fingerprint density at radius 2 is 1.89 bits per heavy atom. The van der Waals surface area contributed by atoms with Crippen LogP contribution in [0.1, 0.15) is 12.6 Å². The number of carbonyl (C=O) groups is 4. The predicted molar refractivity (Wildman–Crippen MR) is 93.5 cm³/mol. The van der Waals surface area contributed by atoms with E-state index in [0.29, 0.717) is 5.69 Å². The van der Waals surface area contributed by atoms with Crippen LogP contribution in [0.2, 0.25) is 0 Å². The second-order valence-corrected chi connectivity index (χ2v) is 5.97. The zero-order chi connectivity index (χ0) is 21.3. The Bertz CT molecular complexity index is 678. The van der Waals surface area contributed by atoms with Crippen LogP contribution in [0, 0.1) is 0 Å². The van der Waals surface area contributed by atoms with Gasteiger partial charge in [-0.05, 0) is 6.92 Å². The molecule has 4 atom stereocenters. The van der Waals surface area contributed by atoms with Crippen LogP contribution >= 0.6 is 0 Å². The molecule has 0 radical (unpaired) electrons. The molecule has 0 fully saturated rings. The summed E-state index contributed by atoms with van der Waals surface area (Å²) >= 11 is 0. The minimum Gasteiger partial charge on any atom is -0.480 e. The Morgan fingerprint density at radius 3 is 2.39 bits per heavy atom. The van der Waals surface area contributed by atoms with Crippen LogP contribution in [0.3, 0.4) is 0 Å². The molecule has 4 unspecified atom stereocenters. The average Bonchev–Trinajstić information content (AvgIpc) is 3.15. The quantitative estimate of drug-likeness (QED) is 0.180. The number of aliphatic carboxylic acids is 1. The van der Waals surface area contributed by atoms with Gasteiger partial charge in [-0.3, -0.25) is 14.4 Å². The Kier molecular flexibility index (Phi) is 9.01. The third kappa shape index (κ3) is 7.30. The number of H-pyrrole nitrogens is 1. The zero-order valence-electron chi connectivity index (χ0n) is 15.1. The first-order valence-corrected chi connectivity index (χ1v) is 8.27. The SMILES string of the molecule is CC(O)C(N)C(=O)NCC(=O)NC(CO)C(=O)NC(Cc1cnc[nH]1)C(=O)O. The van der Waals surface area contributed by atoms with Crippen molar-refractivity contribution in [3.8, 4) is 0 Å². The summed E-state index contributed by atoms with van der Waals surface area (Å²) in [5.74, 6) is -3.83. The summed E-state index contributed by atoms with van der Waals surface area (Å²) in [4.78, 5) is 53.3. The topological polar surface area (TPSA) is 220 Å². The minimum absolute atomic E-state index is 0.0829. The Morgan fingerprint density at radius 1 is 1.21 bits per heavy atom. The number of hydrogen-bond donors (Lipinski definition) is 8. The third-order valence-electron chi connectivity index (χ3n) is 3.67. The van der Waals surface area contributed by atoms with Gasteiger partial charge in [-0.25, -0.2) is 9.78 Å². The molecule has 0 aromatic carbocycles. The number of aliphatic hydroxyl groups excluding tert-OH is 2. The van der Waals surface area contributed by atoms with Crippen LogP contribution in [0.15, 0.2) is 12.5 Å². The van der Waals surface area contributed by atoms with E-state index < -0.39 is 61.1 Å². The van der Waals surface area contributed by atoms with Crippen LogP contribution in [-0.4, -0.2) is 86.4 Å². The summed E-state index contributed by atoms with van der Waals surface area (Å²) in [6.45, 7) is -0.0484. The number of carboxylic acids is 1. The number of aliphatic hydroxyl groups is 2. The van der Waals surface area contributed by atoms with Gasteiger partial charge in [0.15, 0.2) is 0 Å².